The highest BCUT2D eigenvalue weighted by molar-refractivity contribution is 6.13. The molecule has 0 aliphatic rings. The Morgan fingerprint density at radius 3 is 2.34 bits per heavy atom. The molecular formula is C26H21FO5. The molecule has 4 aromatic rings. The predicted molar refractivity (Wildman–Crippen MR) is 120 cm³/mol. The van der Waals surface area contributed by atoms with Gasteiger partial charge in [0.2, 0.25) is 0 Å². The second kappa shape index (κ2) is 8.30. The first-order chi connectivity index (χ1) is 15.3. The van der Waals surface area contributed by atoms with Crippen molar-refractivity contribution in [3.8, 4) is 28.2 Å². The van der Waals surface area contributed by atoms with E-state index in [1.807, 2.05) is 13.0 Å². The molecule has 3 aromatic carbocycles. The lowest BCUT2D eigenvalue weighted by Crippen LogP contribution is -2.03. The summed E-state index contributed by atoms with van der Waals surface area (Å²) in [6.07, 6.45) is 0.268. The molecule has 0 amide bonds. The van der Waals surface area contributed by atoms with Crippen molar-refractivity contribution in [1.29, 1.82) is 0 Å². The lowest BCUT2D eigenvalue weighted by atomic mass is 9.93. The number of carbonyl (C=O) groups excluding carboxylic acids is 1. The second-order valence-electron chi connectivity index (χ2n) is 7.44. The van der Waals surface area contributed by atoms with E-state index in [0.29, 0.717) is 39.0 Å². The molecule has 6 heteroatoms. The second-order valence-corrected chi connectivity index (χ2v) is 7.44. The van der Waals surface area contributed by atoms with Crippen molar-refractivity contribution in [2.45, 2.75) is 20.3 Å². The summed E-state index contributed by atoms with van der Waals surface area (Å²) in [5, 5.41) is 10.2. The van der Waals surface area contributed by atoms with Gasteiger partial charge in [0.1, 0.15) is 28.5 Å². The molecule has 4 rings (SSSR count). The quantitative estimate of drug-likeness (QED) is 0.351. The normalized spacial score (nSPS) is 11.0. The summed E-state index contributed by atoms with van der Waals surface area (Å²) >= 11 is 0. The van der Waals surface area contributed by atoms with Gasteiger partial charge in [0.15, 0.2) is 5.78 Å². The minimum Gasteiger partial charge on any atom is -0.495 e. The summed E-state index contributed by atoms with van der Waals surface area (Å²) in [5.74, 6) is -0.943. The summed E-state index contributed by atoms with van der Waals surface area (Å²) in [6, 6.07) is 14.4. The number of furan rings is 1. The van der Waals surface area contributed by atoms with Crippen LogP contribution in [-0.2, 0) is 0 Å². The van der Waals surface area contributed by atoms with Gasteiger partial charge in [-0.05, 0) is 60.5 Å². The van der Waals surface area contributed by atoms with Crippen molar-refractivity contribution < 1.29 is 28.2 Å². The zero-order valence-electron chi connectivity index (χ0n) is 17.9. The first-order valence-corrected chi connectivity index (χ1v) is 10.1. The van der Waals surface area contributed by atoms with Crippen LogP contribution in [0.5, 0.6) is 5.75 Å². The van der Waals surface area contributed by atoms with E-state index in [1.54, 1.807) is 37.3 Å². The minimum atomic E-state index is -1.09. The summed E-state index contributed by atoms with van der Waals surface area (Å²) < 4.78 is 24.9. The van der Waals surface area contributed by atoms with Gasteiger partial charge in [0.25, 0.3) is 0 Å². The predicted octanol–water partition coefficient (Wildman–Crippen LogP) is 6.51. The molecule has 162 valence electrons. The molecule has 0 bridgehead atoms. The molecule has 0 spiro atoms. The van der Waals surface area contributed by atoms with Crippen molar-refractivity contribution >= 4 is 22.7 Å². The molecule has 1 aromatic heterocycles. The Morgan fingerprint density at radius 2 is 1.72 bits per heavy atom. The molecular weight excluding hydrogens is 411 g/mol. The van der Waals surface area contributed by atoms with E-state index in [9.17, 15) is 19.1 Å². The van der Waals surface area contributed by atoms with E-state index in [-0.39, 0.29) is 29.3 Å². The summed E-state index contributed by atoms with van der Waals surface area (Å²) in [7, 11) is 1.43. The molecule has 0 radical (unpaired) electrons. The zero-order valence-corrected chi connectivity index (χ0v) is 17.9. The van der Waals surface area contributed by atoms with Crippen LogP contribution in [-0.4, -0.2) is 24.0 Å². The summed E-state index contributed by atoms with van der Waals surface area (Å²) in [6.45, 7) is 3.63. The average Bonchev–Trinajstić information content (AvgIpc) is 3.17. The number of hydrogen-bond acceptors (Lipinski definition) is 4. The molecule has 0 unspecified atom stereocenters. The van der Waals surface area contributed by atoms with Crippen LogP contribution >= 0.6 is 0 Å². The summed E-state index contributed by atoms with van der Waals surface area (Å²) in [5.41, 5.74) is 3.75. The van der Waals surface area contributed by atoms with E-state index in [0.717, 1.165) is 5.56 Å². The maximum Gasteiger partial charge on any atom is 0.339 e. The monoisotopic (exact) mass is 432 g/mol. The Labute approximate surface area is 184 Å². The van der Waals surface area contributed by atoms with Crippen molar-refractivity contribution in [2.24, 2.45) is 0 Å². The zero-order chi connectivity index (χ0) is 23.0. The molecule has 0 saturated carbocycles. The number of aryl methyl sites for hydroxylation is 1. The van der Waals surface area contributed by atoms with Gasteiger partial charge < -0.3 is 14.3 Å². The highest BCUT2D eigenvalue weighted by Crippen LogP contribution is 2.41. The van der Waals surface area contributed by atoms with Crippen LogP contribution in [0.15, 0.2) is 59.0 Å². The molecule has 0 saturated heterocycles. The van der Waals surface area contributed by atoms with E-state index >= 15 is 0 Å². The largest absolute Gasteiger partial charge is 0.495 e. The first-order valence-electron chi connectivity index (χ1n) is 10.1. The molecule has 0 fully saturated rings. The van der Waals surface area contributed by atoms with Crippen LogP contribution in [0.1, 0.15) is 39.6 Å². The average molecular weight is 432 g/mol. The number of hydrogen-bond donors (Lipinski definition) is 1. The van der Waals surface area contributed by atoms with Gasteiger partial charge in [0, 0.05) is 22.9 Å². The Bertz CT molecular complexity index is 1350. The van der Waals surface area contributed by atoms with Gasteiger partial charge in [-0.1, -0.05) is 19.1 Å². The number of carbonyl (C=O) groups is 2. The number of methoxy groups -OCH3 is 1. The lowest BCUT2D eigenvalue weighted by Gasteiger charge is -2.14. The van der Waals surface area contributed by atoms with Gasteiger partial charge in [0.05, 0.1) is 12.7 Å². The standard InChI is InChI=1S/C26H21FO5/c1-4-20(28)23-19-13-16(22-14(2)5-11-18(26(29)30)25(22)31-3)8-12-21(19)32-24(23)15-6-9-17(27)10-7-15/h5-13H,4H2,1-3H3,(H,29,30). The third-order valence-electron chi connectivity index (χ3n) is 5.48. The number of carboxylic acids is 1. The number of aromatic carboxylic acids is 1. The van der Waals surface area contributed by atoms with Crippen molar-refractivity contribution in [3.63, 3.8) is 0 Å². The third kappa shape index (κ3) is 3.54. The Morgan fingerprint density at radius 1 is 1.03 bits per heavy atom. The van der Waals surface area contributed by atoms with Crippen molar-refractivity contribution in [1.82, 2.24) is 0 Å². The fraction of sp³-hybridized carbons (Fsp3) is 0.154. The minimum absolute atomic E-state index is 0.0530. The van der Waals surface area contributed by atoms with Crippen LogP contribution in [0.2, 0.25) is 0 Å². The van der Waals surface area contributed by atoms with Crippen LogP contribution in [0.25, 0.3) is 33.4 Å². The Balaban J connectivity index is 2.00. The fourth-order valence-corrected chi connectivity index (χ4v) is 3.93. The topological polar surface area (TPSA) is 76.7 Å². The number of fused-ring (bicyclic) bond motifs is 1. The maximum absolute atomic E-state index is 13.4. The van der Waals surface area contributed by atoms with Crippen molar-refractivity contribution in [3.05, 3.63) is 77.1 Å². The molecule has 0 aliphatic carbocycles. The first kappa shape index (κ1) is 21.3. The SMILES string of the molecule is CCC(=O)c1c(-c2ccc(F)cc2)oc2ccc(-c3c(C)ccc(C(=O)O)c3OC)cc12. The van der Waals surface area contributed by atoms with Gasteiger partial charge in [-0.25, -0.2) is 9.18 Å². The van der Waals surface area contributed by atoms with Crippen molar-refractivity contribution in [2.75, 3.05) is 7.11 Å². The summed E-state index contributed by atoms with van der Waals surface area (Å²) in [4.78, 5) is 24.6. The highest BCUT2D eigenvalue weighted by atomic mass is 19.1. The molecule has 1 heterocycles. The smallest absolute Gasteiger partial charge is 0.339 e. The number of benzene rings is 3. The maximum atomic E-state index is 13.4. The molecule has 0 atom stereocenters. The Hall–Kier alpha value is -3.93. The van der Waals surface area contributed by atoms with Crippen LogP contribution in [0.4, 0.5) is 4.39 Å². The number of carboxylic acid groups (broad SMARTS) is 1. The van der Waals surface area contributed by atoms with E-state index in [4.69, 9.17) is 9.15 Å². The van der Waals surface area contributed by atoms with Gasteiger partial charge >= 0.3 is 5.97 Å². The number of ketones is 1. The van der Waals surface area contributed by atoms with Gasteiger partial charge in [-0.15, -0.1) is 0 Å². The van der Waals surface area contributed by atoms with E-state index in [1.165, 1.54) is 25.3 Å². The van der Waals surface area contributed by atoms with E-state index in [2.05, 4.69) is 0 Å². The molecule has 0 aliphatic heterocycles. The molecule has 32 heavy (non-hydrogen) atoms. The van der Waals surface area contributed by atoms with Gasteiger partial charge in [-0.2, -0.15) is 0 Å². The third-order valence-corrected chi connectivity index (χ3v) is 5.48. The number of ether oxygens (including phenoxy) is 1. The van der Waals surface area contributed by atoms with Crippen LogP contribution in [0, 0.1) is 12.7 Å². The van der Waals surface area contributed by atoms with E-state index < -0.39 is 5.97 Å². The number of rotatable bonds is 6. The number of halogens is 1. The molecule has 5 nitrogen and oxygen atoms in total. The highest BCUT2D eigenvalue weighted by Gasteiger charge is 2.23. The lowest BCUT2D eigenvalue weighted by molar-refractivity contribution is 0.0693. The van der Waals surface area contributed by atoms with Crippen LogP contribution in [0.3, 0.4) is 0 Å². The number of Topliss-reactive ketones (excluding diaryl/α,β-unsaturated/α-hetero) is 1. The molecule has 1 N–H and O–H groups in total. The fourth-order valence-electron chi connectivity index (χ4n) is 3.93. The Kier molecular flexibility index (Phi) is 5.53. The van der Waals surface area contributed by atoms with Crippen LogP contribution < -0.4 is 4.74 Å². The van der Waals surface area contributed by atoms with Gasteiger partial charge in [-0.3, -0.25) is 4.79 Å².